The van der Waals surface area contributed by atoms with E-state index < -0.39 is 0 Å². The van der Waals surface area contributed by atoms with Gasteiger partial charge in [-0.05, 0) is 63.9 Å². The Morgan fingerprint density at radius 1 is 0.529 bits per heavy atom. The Kier molecular flexibility index (Phi) is 8.57. The van der Waals surface area contributed by atoms with Crippen LogP contribution in [0.25, 0.3) is 33.4 Å². The van der Waals surface area contributed by atoms with E-state index in [2.05, 4.69) is 91.9 Å². The maximum atomic E-state index is 5.29. The normalized spacial score (nSPS) is 10.9. The van der Waals surface area contributed by atoms with Crippen LogP contribution in [-0.2, 0) is 6.42 Å². The average molecular weight is 449 g/mol. The summed E-state index contributed by atoms with van der Waals surface area (Å²) < 4.78 is 5.29. The predicted octanol–water partition coefficient (Wildman–Crippen LogP) is 9.60. The predicted molar refractivity (Wildman–Crippen MR) is 146 cm³/mol. The molecule has 34 heavy (non-hydrogen) atoms. The number of unbranched alkanes of at least 4 members (excludes halogenated alkanes) is 5. The molecule has 0 atom stereocenters. The number of hydrogen-bond donors (Lipinski definition) is 0. The molecule has 174 valence electrons. The van der Waals surface area contributed by atoms with Gasteiger partial charge in [-0.1, -0.05) is 124 Å². The first-order valence-electron chi connectivity index (χ1n) is 12.7. The maximum Gasteiger partial charge on any atom is 0.118 e. The van der Waals surface area contributed by atoms with Crippen LogP contribution in [0.2, 0.25) is 0 Å². The van der Waals surface area contributed by atoms with E-state index in [1.54, 1.807) is 7.11 Å². The van der Waals surface area contributed by atoms with Crippen molar-refractivity contribution in [2.45, 2.75) is 51.9 Å². The zero-order chi connectivity index (χ0) is 23.6. The smallest absolute Gasteiger partial charge is 0.118 e. The van der Waals surface area contributed by atoms with Gasteiger partial charge < -0.3 is 4.74 Å². The highest BCUT2D eigenvalue weighted by molar-refractivity contribution is 5.84. The summed E-state index contributed by atoms with van der Waals surface area (Å²) in [4.78, 5) is 0. The summed E-state index contributed by atoms with van der Waals surface area (Å²) in [5, 5.41) is 0. The van der Waals surface area contributed by atoms with E-state index in [-0.39, 0.29) is 0 Å². The fourth-order valence-corrected chi connectivity index (χ4v) is 4.59. The van der Waals surface area contributed by atoms with Crippen LogP contribution < -0.4 is 4.74 Å². The third-order valence-corrected chi connectivity index (χ3v) is 6.61. The molecule has 0 bridgehead atoms. The second kappa shape index (κ2) is 12.2. The fraction of sp³-hybridized carbons (Fsp3) is 0.273. The van der Waals surface area contributed by atoms with E-state index in [4.69, 9.17) is 4.74 Å². The van der Waals surface area contributed by atoms with Crippen LogP contribution in [0, 0.1) is 0 Å². The summed E-state index contributed by atoms with van der Waals surface area (Å²) in [6, 6.07) is 35.0. The van der Waals surface area contributed by atoms with Crippen LogP contribution in [-0.4, -0.2) is 7.11 Å². The Balaban J connectivity index is 1.56. The molecule has 0 unspecified atom stereocenters. The van der Waals surface area contributed by atoms with Crippen LogP contribution in [0.3, 0.4) is 0 Å². The molecule has 0 aromatic heterocycles. The van der Waals surface area contributed by atoms with Gasteiger partial charge >= 0.3 is 0 Å². The van der Waals surface area contributed by atoms with E-state index in [0.717, 1.165) is 12.2 Å². The summed E-state index contributed by atoms with van der Waals surface area (Å²) in [6.45, 7) is 2.28. The first-order chi connectivity index (χ1) is 16.8. The minimum absolute atomic E-state index is 0.883. The van der Waals surface area contributed by atoms with Gasteiger partial charge in [0.2, 0.25) is 0 Å². The van der Waals surface area contributed by atoms with Crippen LogP contribution in [0.15, 0.2) is 97.1 Å². The lowest BCUT2D eigenvalue weighted by Crippen LogP contribution is -1.91. The molecule has 0 fully saturated rings. The summed E-state index contributed by atoms with van der Waals surface area (Å²) in [6.07, 6.45) is 9.16. The number of benzene rings is 4. The molecule has 0 radical (unpaired) electrons. The van der Waals surface area contributed by atoms with Gasteiger partial charge in [0.05, 0.1) is 7.11 Å². The number of aryl methyl sites for hydroxylation is 1. The number of hydrogen-bond acceptors (Lipinski definition) is 1. The lowest BCUT2D eigenvalue weighted by atomic mass is 9.91. The monoisotopic (exact) mass is 448 g/mol. The van der Waals surface area contributed by atoms with Gasteiger partial charge in [-0.25, -0.2) is 0 Å². The molecule has 0 aliphatic heterocycles. The second-order valence-corrected chi connectivity index (χ2v) is 9.07. The minimum Gasteiger partial charge on any atom is -0.497 e. The maximum absolute atomic E-state index is 5.29. The molecule has 1 nitrogen and oxygen atoms in total. The Morgan fingerprint density at radius 2 is 1.12 bits per heavy atom. The lowest BCUT2D eigenvalue weighted by molar-refractivity contribution is 0.415. The third kappa shape index (κ3) is 6.17. The van der Waals surface area contributed by atoms with Crippen molar-refractivity contribution < 1.29 is 4.74 Å². The van der Waals surface area contributed by atoms with Crippen LogP contribution in [0.4, 0.5) is 0 Å². The molecule has 0 aliphatic rings. The van der Waals surface area contributed by atoms with Gasteiger partial charge in [0, 0.05) is 0 Å². The summed E-state index contributed by atoms with van der Waals surface area (Å²) in [7, 11) is 1.70. The molecule has 0 heterocycles. The molecular formula is C33H36O. The molecule has 0 spiro atoms. The van der Waals surface area contributed by atoms with Gasteiger partial charge in [0.15, 0.2) is 0 Å². The van der Waals surface area contributed by atoms with E-state index in [0.29, 0.717) is 0 Å². The van der Waals surface area contributed by atoms with Crippen molar-refractivity contribution in [2.75, 3.05) is 7.11 Å². The summed E-state index contributed by atoms with van der Waals surface area (Å²) >= 11 is 0. The van der Waals surface area contributed by atoms with Crippen molar-refractivity contribution in [1.29, 1.82) is 0 Å². The molecular weight excluding hydrogens is 412 g/mol. The second-order valence-electron chi connectivity index (χ2n) is 9.07. The van der Waals surface area contributed by atoms with Crippen molar-refractivity contribution in [3.63, 3.8) is 0 Å². The van der Waals surface area contributed by atoms with Crippen molar-refractivity contribution in [3.8, 4) is 39.1 Å². The Bertz CT molecular complexity index is 1140. The minimum atomic E-state index is 0.883. The zero-order valence-electron chi connectivity index (χ0n) is 20.6. The number of rotatable bonds is 11. The lowest BCUT2D eigenvalue weighted by Gasteiger charge is -2.14. The molecule has 0 N–H and O–H groups in total. The van der Waals surface area contributed by atoms with E-state index in [9.17, 15) is 0 Å². The SMILES string of the molecule is CCCCCCCCc1ccc(-c2ccc(-c3ccc(OC)cc3)cc2)c(-c2ccccc2)c1. The van der Waals surface area contributed by atoms with Gasteiger partial charge in [0.25, 0.3) is 0 Å². The molecule has 1 heteroatoms. The first kappa shape index (κ1) is 23.8. The quantitative estimate of drug-likeness (QED) is 0.208. The zero-order valence-corrected chi connectivity index (χ0v) is 20.6. The highest BCUT2D eigenvalue weighted by Gasteiger charge is 2.10. The highest BCUT2D eigenvalue weighted by atomic mass is 16.5. The van der Waals surface area contributed by atoms with Crippen LogP contribution in [0.1, 0.15) is 51.0 Å². The molecule has 0 saturated heterocycles. The molecule has 0 amide bonds. The average Bonchev–Trinajstić information content (AvgIpc) is 2.91. The van der Waals surface area contributed by atoms with Gasteiger partial charge in [-0.3, -0.25) is 0 Å². The van der Waals surface area contributed by atoms with E-state index >= 15 is 0 Å². The van der Waals surface area contributed by atoms with Crippen molar-refractivity contribution in [3.05, 3.63) is 103 Å². The fourth-order valence-electron chi connectivity index (χ4n) is 4.59. The van der Waals surface area contributed by atoms with E-state index in [1.165, 1.54) is 77.5 Å². The highest BCUT2D eigenvalue weighted by Crippen LogP contribution is 2.34. The summed E-state index contributed by atoms with van der Waals surface area (Å²) in [5.74, 6) is 0.883. The molecule has 4 aromatic carbocycles. The standard InChI is InChI=1S/C33H36O/c1-3-4-5-6-7-9-12-26-15-24-32(33(25-26)29-13-10-8-11-14-29)30-18-16-27(17-19-30)28-20-22-31(34-2)23-21-28/h8,10-11,13-25H,3-7,9,12H2,1-2H3. The van der Waals surface area contributed by atoms with Crippen LogP contribution in [0.5, 0.6) is 5.75 Å². The van der Waals surface area contributed by atoms with Crippen molar-refractivity contribution >= 4 is 0 Å². The molecule has 0 aliphatic carbocycles. The van der Waals surface area contributed by atoms with E-state index in [1.807, 2.05) is 12.1 Å². The Hall–Kier alpha value is -3.32. The number of methoxy groups -OCH3 is 1. The Morgan fingerprint density at radius 3 is 1.79 bits per heavy atom. The number of ether oxygens (including phenoxy) is 1. The summed E-state index contributed by atoms with van der Waals surface area (Å²) in [5.41, 5.74) is 8.99. The van der Waals surface area contributed by atoms with Crippen molar-refractivity contribution in [1.82, 2.24) is 0 Å². The van der Waals surface area contributed by atoms with Gasteiger partial charge in [0.1, 0.15) is 5.75 Å². The van der Waals surface area contributed by atoms with Crippen molar-refractivity contribution in [2.24, 2.45) is 0 Å². The molecule has 0 saturated carbocycles. The van der Waals surface area contributed by atoms with Crippen LogP contribution >= 0.6 is 0 Å². The topological polar surface area (TPSA) is 9.23 Å². The first-order valence-corrected chi connectivity index (χ1v) is 12.7. The Labute approximate surface area is 205 Å². The van der Waals surface area contributed by atoms with Gasteiger partial charge in [-0.15, -0.1) is 0 Å². The largest absolute Gasteiger partial charge is 0.497 e. The molecule has 4 rings (SSSR count). The molecule has 4 aromatic rings. The third-order valence-electron chi connectivity index (χ3n) is 6.61. The van der Waals surface area contributed by atoms with Gasteiger partial charge in [-0.2, -0.15) is 0 Å².